The first kappa shape index (κ1) is 15.0. The van der Waals surface area contributed by atoms with Crippen molar-refractivity contribution in [2.75, 3.05) is 30.4 Å². The lowest BCUT2D eigenvalue weighted by molar-refractivity contribution is 0.0819. The summed E-state index contributed by atoms with van der Waals surface area (Å²) in [6.45, 7) is 1.98. The molecule has 1 aliphatic heterocycles. The van der Waals surface area contributed by atoms with E-state index in [4.69, 9.17) is 4.74 Å². The second kappa shape index (κ2) is 6.89. The van der Waals surface area contributed by atoms with Gasteiger partial charge in [-0.25, -0.2) is 4.98 Å². The van der Waals surface area contributed by atoms with Gasteiger partial charge in [0, 0.05) is 43.0 Å². The molecule has 0 atom stereocenters. The van der Waals surface area contributed by atoms with E-state index in [2.05, 4.69) is 15.2 Å². The smallest absolute Gasteiger partial charge is 0.257 e. The molecule has 1 aliphatic rings. The first-order valence-electron chi connectivity index (χ1n) is 7.35. The lowest BCUT2D eigenvalue weighted by Crippen LogP contribution is -2.36. The van der Waals surface area contributed by atoms with Gasteiger partial charge in [0.05, 0.1) is 6.10 Å². The van der Waals surface area contributed by atoms with Crippen molar-refractivity contribution < 1.29 is 9.53 Å². The van der Waals surface area contributed by atoms with E-state index >= 15 is 0 Å². The zero-order valence-electron chi connectivity index (χ0n) is 12.5. The molecule has 1 aromatic carbocycles. The minimum absolute atomic E-state index is 0.125. The Morgan fingerprint density at radius 2 is 2.05 bits per heavy atom. The molecule has 6 heteroatoms. The van der Waals surface area contributed by atoms with Gasteiger partial charge < -0.3 is 9.64 Å². The van der Waals surface area contributed by atoms with Gasteiger partial charge in [-0.1, -0.05) is 0 Å². The zero-order chi connectivity index (χ0) is 15.4. The van der Waals surface area contributed by atoms with Crippen LogP contribution in [0.15, 0.2) is 35.8 Å². The summed E-state index contributed by atoms with van der Waals surface area (Å²) in [5.41, 5.74) is 1.80. The van der Waals surface area contributed by atoms with Gasteiger partial charge in [-0.2, -0.15) is 0 Å². The van der Waals surface area contributed by atoms with E-state index in [-0.39, 0.29) is 5.91 Å². The molecule has 0 radical (unpaired) electrons. The van der Waals surface area contributed by atoms with Crippen molar-refractivity contribution in [3.8, 4) is 0 Å². The fourth-order valence-corrected chi connectivity index (χ4v) is 3.15. The molecule has 0 aliphatic carbocycles. The number of methoxy groups -OCH3 is 1. The number of carbonyl (C=O) groups is 1. The summed E-state index contributed by atoms with van der Waals surface area (Å²) in [4.78, 5) is 18.5. The lowest BCUT2D eigenvalue weighted by atomic mass is 10.1. The van der Waals surface area contributed by atoms with E-state index in [1.165, 1.54) is 11.3 Å². The minimum atomic E-state index is -0.125. The van der Waals surface area contributed by atoms with Crippen molar-refractivity contribution in [1.82, 2.24) is 4.98 Å². The molecule has 1 saturated heterocycles. The van der Waals surface area contributed by atoms with Crippen LogP contribution in [-0.2, 0) is 4.74 Å². The number of ether oxygens (including phenoxy) is 1. The van der Waals surface area contributed by atoms with Crippen molar-refractivity contribution in [3.63, 3.8) is 0 Å². The van der Waals surface area contributed by atoms with Gasteiger partial charge in [0.2, 0.25) is 0 Å². The molecule has 3 rings (SSSR count). The third kappa shape index (κ3) is 3.45. The molecule has 2 heterocycles. The second-order valence-electron chi connectivity index (χ2n) is 5.26. The number of carbonyl (C=O) groups excluding carboxylic acids is 1. The van der Waals surface area contributed by atoms with E-state index < -0.39 is 0 Å². The Morgan fingerprint density at radius 3 is 2.64 bits per heavy atom. The van der Waals surface area contributed by atoms with E-state index in [1.54, 1.807) is 13.3 Å². The van der Waals surface area contributed by atoms with Crippen LogP contribution in [0.2, 0.25) is 0 Å². The number of piperidine rings is 1. The molecular weight excluding hydrogens is 298 g/mol. The number of aromatic nitrogens is 1. The summed E-state index contributed by atoms with van der Waals surface area (Å²) in [5, 5.41) is 5.25. The minimum Gasteiger partial charge on any atom is -0.381 e. The Balaban J connectivity index is 1.61. The summed E-state index contributed by atoms with van der Waals surface area (Å²) in [6, 6.07) is 7.73. The highest BCUT2D eigenvalue weighted by molar-refractivity contribution is 7.13. The Hall–Kier alpha value is -1.92. The van der Waals surface area contributed by atoms with Crippen LogP contribution in [0.4, 0.5) is 10.8 Å². The Labute approximate surface area is 133 Å². The van der Waals surface area contributed by atoms with Crippen LogP contribution in [-0.4, -0.2) is 37.2 Å². The molecular formula is C16H19N3O2S. The monoisotopic (exact) mass is 317 g/mol. The summed E-state index contributed by atoms with van der Waals surface area (Å²) in [5.74, 6) is -0.125. The number of nitrogens with one attached hydrogen (secondary N) is 1. The Kier molecular flexibility index (Phi) is 4.70. The van der Waals surface area contributed by atoms with Crippen LogP contribution in [0.3, 0.4) is 0 Å². The fraction of sp³-hybridized carbons (Fsp3) is 0.375. The highest BCUT2D eigenvalue weighted by Crippen LogP contribution is 2.22. The van der Waals surface area contributed by atoms with Crippen molar-refractivity contribution in [2.45, 2.75) is 18.9 Å². The maximum absolute atomic E-state index is 12.1. The van der Waals surface area contributed by atoms with Crippen molar-refractivity contribution in [1.29, 1.82) is 0 Å². The summed E-state index contributed by atoms with van der Waals surface area (Å²) in [7, 11) is 1.77. The average molecular weight is 317 g/mol. The predicted octanol–water partition coefficient (Wildman–Crippen LogP) is 3.01. The van der Waals surface area contributed by atoms with Crippen LogP contribution < -0.4 is 10.2 Å². The number of hydrogen-bond acceptors (Lipinski definition) is 5. The molecule has 0 spiro atoms. The van der Waals surface area contributed by atoms with Gasteiger partial charge in [0.25, 0.3) is 5.91 Å². The topological polar surface area (TPSA) is 54.5 Å². The molecule has 1 amide bonds. The molecule has 116 valence electrons. The highest BCUT2D eigenvalue weighted by Gasteiger charge is 2.19. The van der Waals surface area contributed by atoms with Gasteiger partial charge in [-0.05, 0) is 37.1 Å². The van der Waals surface area contributed by atoms with E-state index in [0.717, 1.165) is 31.6 Å². The van der Waals surface area contributed by atoms with Gasteiger partial charge in [0.15, 0.2) is 5.13 Å². The molecule has 5 nitrogen and oxygen atoms in total. The lowest BCUT2D eigenvalue weighted by Gasteiger charge is -2.33. The maximum Gasteiger partial charge on any atom is 0.257 e. The van der Waals surface area contributed by atoms with Crippen LogP contribution in [0.25, 0.3) is 0 Å². The van der Waals surface area contributed by atoms with Crippen LogP contribution >= 0.6 is 11.3 Å². The Bertz CT molecular complexity index is 605. The first-order valence-corrected chi connectivity index (χ1v) is 8.23. The van der Waals surface area contributed by atoms with Gasteiger partial charge in [-0.3, -0.25) is 10.1 Å². The molecule has 1 aromatic heterocycles. The largest absolute Gasteiger partial charge is 0.381 e. The fourth-order valence-electron chi connectivity index (χ4n) is 2.63. The van der Waals surface area contributed by atoms with Gasteiger partial charge >= 0.3 is 0 Å². The van der Waals surface area contributed by atoms with Gasteiger partial charge in [0.1, 0.15) is 0 Å². The quantitative estimate of drug-likeness (QED) is 0.942. The predicted molar refractivity (Wildman–Crippen MR) is 88.8 cm³/mol. The standard InChI is InChI=1S/C16H19N3O2S/c1-21-14-6-9-19(10-7-14)13-4-2-12(3-5-13)15(20)18-16-17-8-11-22-16/h2-5,8,11,14H,6-7,9-10H2,1H3,(H,17,18,20). The van der Waals surface area contributed by atoms with E-state index in [0.29, 0.717) is 16.8 Å². The molecule has 1 fully saturated rings. The molecule has 2 aromatic rings. The molecule has 22 heavy (non-hydrogen) atoms. The Morgan fingerprint density at radius 1 is 1.32 bits per heavy atom. The number of nitrogens with zero attached hydrogens (tertiary/aromatic N) is 2. The highest BCUT2D eigenvalue weighted by atomic mass is 32.1. The zero-order valence-corrected chi connectivity index (χ0v) is 13.3. The maximum atomic E-state index is 12.1. The van der Waals surface area contributed by atoms with Crippen molar-refractivity contribution in [2.24, 2.45) is 0 Å². The number of anilines is 2. The van der Waals surface area contributed by atoms with Gasteiger partial charge in [-0.15, -0.1) is 11.3 Å². The van der Waals surface area contributed by atoms with E-state index in [9.17, 15) is 4.79 Å². The van der Waals surface area contributed by atoms with Crippen LogP contribution in [0.5, 0.6) is 0 Å². The number of thiazole rings is 1. The average Bonchev–Trinajstić information content (AvgIpc) is 3.08. The van der Waals surface area contributed by atoms with Crippen molar-refractivity contribution >= 4 is 28.1 Å². The molecule has 0 unspecified atom stereocenters. The third-order valence-electron chi connectivity index (χ3n) is 3.92. The number of rotatable bonds is 4. The number of hydrogen-bond donors (Lipinski definition) is 1. The summed E-state index contributed by atoms with van der Waals surface area (Å²) >= 11 is 1.41. The number of benzene rings is 1. The van der Waals surface area contributed by atoms with E-state index in [1.807, 2.05) is 29.6 Å². The summed E-state index contributed by atoms with van der Waals surface area (Å²) < 4.78 is 5.39. The SMILES string of the molecule is COC1CCN(c2ccc(C(=O)Nc3nccs3)cc2)CC1. The van der Waals surface area contributed by atoms with Crippen LogP contribution in [0.1, 0.15) is 23.2 Å². The third-order valence-corrected chi connectivity index (χ3v) is 4.61. The normalized spacial score (nSPS) is 15.8. The van der Waals surface area contributed by atoms with Crippen molar-refractivity contribution in [3.05, 3.63) is 41.4 Å². The molecule has 0 bridgehead atoms. The van der Waals surface area contributed by atoms with Crippen LogP contribution in [0, 0.1) is 0 Å². The first-order chi connectivity index (χ1) is 10.8. The second-order valence-corrected chi connectivity index (χ2v) is 6.15. The molecule has 0 saturated carbocycles. The molecule has 1 N–H and O–H groups in total. The summed E-state index contributed by atoms with van der Waals surface area (Å²) in [6.07, 6.45) is 4.14. The number of amides is 1.